The van der Waals surface area contributed by atoms with Gasteiger partial charge in [0.2, 0.25) is 0 Å². The highest BCUT2D eigenvalue weighted by Gasteiger charge is 2.18. The maximum atomic E-state index is 6.53. The molecule has 0 saturated heterocycles. The van der Waals surface area contributed by atoms with Crippen molar-refractivity contribution in [2.24, 2.45) is 0 Å². The Kier molecular flexibility index (Phi) is 7.66. The molecule has 0 aliphatic heterocycles. The van der Waals surface area contributed by atoms with Gasteiger partial charge in [-0.3, -0.25) is 4.57 Å². The Labute approximate surface area is 268 Å². The van der Waals surface area contributed by atoms with Crippen LogP contribution in [0.25, 0.3) is 44.4 Å². The molecule has 7 nitrogen and oxygen atoms in total. The van der Waals surface area contributed by atoms with Gasteiger partial charge in [-0.25, -0.2) is 9.67 Å². The van der Waals surface area contributed by atoms with Crippen molar-refractivity contribution in [3.63, 3.8) is 0 Å². The summed E-state index contributed by atoms with van der Waals surface area (Å²) >= 11 is 0. The molecule has 230 valence electrons. The number of pyridine rings is 1. The van der Waals surface area contributed by atoms with Crippen LogP contribution in [0, 0.1) is 20.8 Å². The van der Waals surface area contributed by atoms with Crippen molar-refractivity contribution in [3.05, 3.63) is 120 Å². The van der Waals surface area contributed by atoms with Crippen molar-refractivity contribution in [1.82, 2.24) is 19.3 Å². The van der Waals surface area contributed by atoms with Gasteiger partial charge in [0.1, 0.15) is 28.8 Å². The molecular formula is C39H36N4O3. The second kappa shape index (κ2) is 12.1. The molecule has 0 fully saturated rings. The molecule has 0 bridgehead atoms. The van der Waals surface area contributed by atoms with Gasteiger partial charge in [-0.05, 0) is 106 Å². The maximum Gasteiger partial charge on any atom is 0.137 e. The monoisotopic (exact) mass is 608 g/mol. The normalized spacial score (nSPS) is 11.3. The van der Waals surface area contributed by atoms with E-state index in [1.807, 2.05) is 80.4 Å². The van der Waals surface area contributed by atoms with E-state index >= 15 is 0 Å². The van der Waals surface area contributed by atoms with Gasteiger partial charge in [0.25, 0.3) is 0 Å². The van der Waals surface area contributed by atoms with Crippen LogP contribution in [0.2, 0.25) is 0 Å². The molecule has 7 heteroatoms. The van der Waals surface area contributed by atoms with Gasteiger partial charge < -0.3 is 14.2 Å². The Morgan fingerprint density at radius 2 is 1.41 bits per heavy atom. The van der Waals surface area contributed by atoms with E-state index in [0.717, 1.165) is 78.7 Å². The number of hydrogen-bond donors (Lipinski definition) is 0. The van der Waals surface area contributed by atoms with E-state index in [-0.39, 0.29) is 0 Å². The summed E-state index contributed by atoms with van der Waals surface area (Å²) in [6.07, 6.45) is 5.72. The van der Waals surface area contributed by atoms with Crippen LogP contribution in [0.1, 0.15) is 30.5 Å². The van der Waals surface area contributed by atoms with E-state index in [9.17, 15) is 0 Å². The Morgan fingerprint density at radius 1 is 0.674 bits per heavy atom. The molecule has 46 heavy (non-hydrogen) atoms. The molecule has 3 heterocycles. The van der Waals surface area contributed by atoms with Crippen molar-refractivity contribution in [3.8, 4) is 45.6 Å². The van der Waals surface area contributed by atoms with Crippen LogP contribution in [-0.2, 0) is 0 Å². The second-order valence-corrected chi connectivity index (χ2v) is 11.5. The van der Waals surface area contributed by atoms with Gasteiger partial charge in [0.15, 0.2) is 0 Å². The zero-order valence-corrected chi connectivity index (χ0v) is 26.7. The number of rotatable bonds is 9. The minimum Gasteiger partial charge on any atom is -0.493 e. The Balaban J connectivity index is 1.26. The number of para-hydroxylation sites is 1. The molecule has 7 aromatic rings. The van der Waals surface area contributed by atoms with Gasteiger partial charge in [-0.1, -0.05) is 18.2 Å². The standard InChI is InChI=1S/C39H36N4O3/c1-6-44-36-18-27(5)19-37(45-7-2)39(36)28-23-41-42(24-28)29-16-26(4)17-31(21-29)46-30-12-13-33-32-10-8-9-11-34(32)43(35(33)22-30)38-20-25(3)14-15-40-38/h8-24H,6-7H2,1-5H3. The van der Waals surface area contributed by atoms with Gasteiger partial charge in [-0.2, -0.15) is 5.10 Å². The summed E-state index contributed by atoms with van der Waals surface area (Å²) in [5, 5.41) is 7.06. The first-order valence-corrected chi connectivity index (χ1v) is 15.6. The predicted molar refractivity (Wildman–Crippen MR) is 184 cm³/mol. The van der Waals surface area contributed by atoms with Crippen LogP contribution in [0.4, 0.5) is 0 Å². The Bertz CT molecular complexity index is 2180. The molecule has 3 aromatic heterocycles. The lowest BCUT2D eigenvalue weighted by Crippen LogP contribution is -2.00. The van der Waals surface area contributed by atoms with Crippen LogP contribution in [0.15, 0.2) is 104 Å². The van der Waals surface area contributed by atoms with Gasteiger partial charge in [-0.15, -0.1) is 0 Å². The van der Waals surface area contributed by atoms with E-state index in [2.05, 4.69) is 66.9 Å². The summed E-state index contributed by atoms with van der Waals surface area (Å²) in [6.45, 7) is 11.3. The van der Waals surface area contributed by atoms with E-state index in [1.54, 1.807) is 0 Å². The molecule has 4 aromatic carbocycles. The number of hydrogen-bond acceptors (Lipinski definition) is 5. The van der Waals surface area contributed by atoms with Gasteiger partial charge >= 0.3 is 0 Å². The van der Waals surface area contributed by atoms with Crippen LogP contribution in [-0.4, -0.2) is 32.5 Å². The fraction of sp³-hybridized carbons (Fsp3) is 0.179. The van der Waals surface area contributed by atoms with Crippen molar-refractivity contribution in [1.29, 1.82) is 0 Å². The van der Waals surface area contributed by atoms with Crippen molar-refractivity contribution < 1.29 is 14.2 Å². The molecule has 0 aliphatic carbocycles. The summed E-state index contributed by atoms with van der Waals surface area (Å²) < 4.78 is 22.7. The highest BCUT2D eigenvalue weighted by atomic mass is 16.5. The topological polar surface area (TPSA) is 63.3 Å². The molecule has 0 atom stereocenters. The average Bonchev–Trinajstić information content (AvgIpc) is 3.64. The van der Waals surface area contributed by atoms with Crippen LogP contribution in [0.3, 0.4) is 0 Å². The maximum absolute atomic E-state index is 6.53. The van der Waals surface area contributed by atoms with E-state index in [4.69, 9.17) is 24.3 Å². The molecule has 0 amide bonds. The fourth-order valence-corrected chi connectivity index (χ4v) is 6.10. The Hall–Kier alpha value is -5.56. The van der Waals surface area contributed by atoms with Gasteiger partial charge in [0, 0.05) is 40.9 Å². The number of aryl methyl sites for hydroxylation is 3. The molecular weight excluding hydrogens is 572 g/mol. The molecule has 0 N–H and O–H groups in total. The number of aromatic nitrogens is 4. The van der Waals surface area contributed by atoms with E-state index in [0.29, 0.717) is 13.2 Å². The quantitative estimate of drug-likeness (QED) is 0.163. The van der Waals surface area contributed by atoms with Crippen LogP contribution in [0.5, 0.6) is 23.0 Å². The number of nitrogens with zero attached hydrogens (tertiary/aromatic N) is 4. The summed E-state index contributed by atoms with van der Waals surface area (Å²) in [7, 11) is 0. The van der Waals surface area contributed by atoms with Crippen molar-refractivity contribution in [2.45, 2.75) is 34.6 Å². The van der Waals surface area contributed by atoms with Crippen LogP contribution < -0.4 is 14.2 Å². The van der Waals surface area contributed by atoms with E-state index < -0.39 is 0 Å². The van der Waals surface area contributed by atoms with Crippen molar-refractivity contribution >= 4 is 21.8 Å². The SMILES string of the molecule is CCOc1cc(C)cc(OCC)c1-c1cnn(-c2cc(C)cc(Oc3ccc4c5ccccc5n(-c5cc(C)ccn5)c4c3)c2)c1. The molecule has 0 radical (unpaired) electrons. The summed E-state index contributed by atoms with van der Waals surface area (Å²) in [6, 6.07) is 29.0. The zero-order chi connectivity index (χ0) is 31.8. The number of fused-ring (bicyclic) bond motifs is 3. The number of benzene rings is 4. The first kappa shape index (κ1) is 29.2. The average molecular weight is 609 g/mol. The summed E-state index contributed by atoms with van der Waals surface area (Å²) in [4.78, 5) is 4.71. The lowest BCUT2D eigenvalue weighted by atomic mass is 10.0. The van der Waals surface area contributed by atoms with Crippen LogP contribution >= 0.6 is 0 Å². The third-order valence-electron chi connectivity index (χ3n) is 7.99. The Morgan fingerprint density at radius 3 is 2.17 bits per heavy atom. The first-order chi connectivity index (χ1) is 22.4. The minimum absolute atomic E-state index is 0.558. The fourth-order valence-electron chi connectivity index (χ4n) is 6.10. The van der Waals surface area contributed by atoms with Gasteiger partial charge in [0.05, 0.1) is 41.7 Å². The first-order valence-electron chi connectivity index (χ1n) is 15.6. The molecule has 7 rings (SSSR count). The zero-order valence-electron chi connectivity index (χ0n) is 26.7. The lowest BCUT2D eigenvalue weighted by molar-refractivity contribution is 0.325. The summed E-state index contributed by atoms with van der Waals surface area (Å²) in [5.74, 6) is 3.91. The smallest absolute Gasteiger partial charge is 0.137 e. The lowest BCUT2D eigenvalue weighted by Gasteiger charge is -2.15. The largest absolute Gasteiger partial charge is 0.493 e. The predicted octanol–water partition coefficient (Wildman–Crippen LogP) is 9.55. The van der Waals surface area contributed by atoms with E-state index in [1.165, 1.54) is 5.39 Å². The van der Waals surface area contributed by atoms with Crippen molar-refractivity contribution in [2.75, 3.05) is 13.2 Å². The molecule has 0 unspecified atom stereocenters. The second-order valence-electron chi connectivity index (χ2n) is 11.5. The minimum atomic E-state index is 0.558. The highest BCUT2D eigenvalue weighted by Crippen LogP contribution is 2.40. The molecule has 0 spiro atoms. The highest BCUT2D eigenvalue weighted by molar-refractivity contribution is 6.09. The summed E-state index contributed by atoms with van der Waals surface area (Å²) in [5.41, 5.74) is 8.14. The third-order valence-corrected chi connectivity index (χ3v) is 7.99. The third kappa shape index (κ3) is 5.45. The molecule has 0 saturated carbocycles. The number of ether oxygens (including phenoxy) is 3. The molecule has 0 aliphatic rings.